The fourth-order valence-corrected chi connectivity index (χ4v) is 2.57. The molecule has 0 bridgehead atoms. The van der Waals surface area contributed by atoms with Crippen LogP contribution in [0.1, 0.15) is 52.5 Å². The first kappa shape index (κ1) is 21.2. The lowest BCUT2D eigenvalue weighted by molar-refractivity contribution is -0.136. The van der Waals surface area contributed by atoms with Crippen LogP contribution in [0.2, 0.25) is 0 Å². The number of fused-ring (bicyclic) bond motifs is 1. The number of hydrogen-bond donors (Lipinski definition) is 0. The minimum absolute atomic E-state index is 0.162. The third-order valence-electron chi connectivity index (χ3n) is 4.01. The van der Waals surface area contributed by atoms with Gasteiger partial charge in [-0.1, -0.05) is 51.1 Å². The Hall–Kier alpha value is -3.15. The first-order valence-electron chi connectivity index (χ1n) is 9.30. The molecule has 0 unspecified atom stereocenters. The van der Waals surface area contributed by atoms with Gasteiger partial charge in [0.2, 0.25) is 0 Å². The van der Waals surface area contributed by atoms with Crippen LogP contribution in [-0.4, -0.2) is 17.9 Å². The van der Waals surface area contributed by atoms with Gasteiger partial charge in [-0.15, -0.1) is 0 Å². The normalized spacial score (nSPS) is 11.2. The Labute approximate surface area is 164 Å². The Balaban J connectivity index is 2.80. The van der Waals surface area contributed by atoms with E-state index in [4.69, 9.17) is 14.2 Å². The highest BCUT2D eigenvalue weighted by atomic mass is 16.6. The number of rotatable bonds is 7. The van der Waals surface area contributed by atoms with E-state index in [1.807, 2.05) is 6.07 Å². The summed E-state index contributed by atoms with van der Waals surface area (Å²) < 4.78 is 16.6. The van der Waals surface area contributed by atoms with Crippen LogP contribution in [-0.2, 0) is 19.1 Å². The molecule has 2 aliphatic rings. The zero-order valence-corrected chi connectivity index (χ0v) is 16.5. The number of allylic oxidation sites excluding steroid dienone is 1. The summed E-state index contributed by atoms with van der Waals surface area (Å²) >= 11 is 0. The molecule has 0 N–H and O–H groups in total. The molecule has 0 spiro atoms. The number of carbonyl (C=O) groups is 3. The van der Waals surface area contributed by atoms with Gasteiger partial charge >= 0.3 is 17.9 Å². The molecule has 6 nitrogen and oxygen atoms in total. The minimum Gasteiger partial charge on any atom is -0.426 e. The molecule has 0 saturated carbocycles. The summed E-state index contributed by atoms with van der Waals surface area (Å²) in [7, 11) is 0. The Bertz CT molecular complexity index is 828. The average molecular weight is 384 g/mol. The van der Waals surface area contributed by atoms with Crippen LogP contribution in [0.3, 0.4) is 0 Å². The van der Waals surface area contributed by atoms with Gasteiger partial charge in [0, 0.05) is 30.4 Å². The molecule has 148 valence electrons. The second kappa shape index (κ2) is 9.69. The van der Waals surface area contributed by atoms with E-state index >= 15 is 0 Å². The maximum atomic E-state index is 12.1. The van der Waals surface area contributed by atoms with Gasteiger partial charge in [0.15, 0.2) is 11.5 Å². The Morgan fingerprint density at radius 3 is 1.64 bits per heavy atom. The highest BCUT2D eigenvalue weighted by Gasteiger charge is 2.31. The molecular weight excluding hydrogens is 360 g/mol. The van der Waals surface area contributed by atoms with Crippen LogP contribution < -0.4 is 9.47 Å². The van der Waals surface area contributed by atoms with E-state index in [9.17, 15) is 14.4 Å². The lowest BCUT2D eigenvalue weighted by Gasteiger charge is -2.12. The Kier molecular flexibility index (Phi) is 7.32. The number of hydrogen-bond acceptors (Lipinski definition) is 6. The summed E-state index contributed by atoms with van der Waals surface area (Å²) in [6, 6.07) is 8.90. The molecule has 0 radical (unpaired) electrons. The maximum absolute atomic E-state index is 12.1. The molecule has 0 aliphatic heterocycles. The van der Waals surface area contributed by atoms with Crippen LogP contribution in [0.25, 0.3) is 16.9 Å². The number of esters is 3. The van der Waals surface area contributed by atoms with Crippen LogP contribution >= 0.6 is 0 Å². The molecule has 0 fully saturated rings. The molecule has 0 aromatic rings. The third-order valence-corrected chi connectivity index (χ3v) is 4.01. The van der Waals surface area contributed by atoms with Crippen molar-refractivity contribution in [3.63, 3.8) is 0 Å². The van der Waals surface area contributed by atoms with Crippen molar-refractivity contribution in [2.24, 2.45) is 0 Å². The summed E-state index contributed by atoms with van der Waals surface area (Å²) in [5, 5.41) is 0. The van der Waals surface area contributed by atoms with Crippen molar-refractivity contribution in [2.45, 2.75) is 47.0 Å². The van der Waals surface area contributed by atoms with Gasteiger partial charge in [-0.25, -0.2) is 0 Å². The van der Waals surface area contributed by atoms with E-state index < -0.39 is 17.9 Å². The fraction of sp³-hybridized carbons (Fsp3) is 0.318. The first-order valence-corrected chi connectivity index (χ1v) is 9.30. The Morgan fingerprint density at radius 2 is 1.25 bits per heavy atom. The second-order valence-electron chi connectivity index (χ2n) is 5.91. The van der Waals surface area contributed by atoms with Gasteiger partial charge in [0.25, 0.3) is 0 Å². The first-order chi connectivity index (χ1) is 13.5. The number of ether oxygens (including phenoxy) is 3. The molecule has 0 heterocycles. The zero-order chi connectivity index (χ0) is 20.7. The van der Waals surface area contributed by atoms with Crippen molar-refractivity contribution < 1.29 is 28.6 Å². The molecule has 0 aromatic carbocycles. The SMILES string of the molecule is C/C=C(/OC(=O)CC)c1c(OC(=O)CC)c2cccccc-2c1OC(=O)CC. The van der Waals surface area contributed by atoms with Gasteiger partial charge < -0.3 is 14.2 Å². The molecule has 2 aliphatic carbocycles. The topological polar surface area (TPSA) is 78.9 Å². The standard InChI is InChI=1S/C22H24O6/c1-5-16(26-17(23)6-2)20-21(27-18(24)7-3)14-12-10-9-11-13-15(14)22(20)28-19(25)8-4/h5,9-13H,6-8H2,1-4H3/b16-5+. The van der Waals surface area contributed by atoms with Crippen molar-refractivity contribution in [2.75, 3.05) is 0 Å². The van der Waals surface area contributed by atoms with Crippen molar-refractivity contribution in [1.82, 2.24) is 0 Å². The largest absolute Gasteiger partial charge is 0.426 e. The summed E-state index contributed by atoms with van der Waals surface area (Å²) in [4.78, 5) is 36.1. The molecule has 0 aromatic heterocycles. The van der Waals surface area contributed by atoms with E-state index in [1.54, 1.807) is 58.0 Å². The maximum Gasteiger partial charge on any atom is 0.310 e. The third kappa shape index (κ3) is 4.57. The van der Waals surface area contributed by atoms with E-state index in [2.05, 4.69) is 0 Å². The summed E-state index contributed by atoms with van der Waals surface area (Å²) in [5.41, 5.74) is 1.43. The predicted octanol–water partition coefficient (Wildman–Crippen LogP) is 4.74. The summed E-state index contributed by atoms with van der Waals surface area (Å²) in [6.07, 6.45) is 2.07. The fourth-order valence-electron chi connectivity index (χ4n) is 2.57. The van der Waals surface area contributed by atoms with Crippen LogP contribution in [0.15, 0.2) is 36.4 Å². The van der Waals surface area contributed by atoms with Crippen LogP contribution in [0.5, 0.6) is 11.5 Å². The average Bonchev–Trinajstić information content (AvgIpc) is 2.85. The summed E-state index contributed by atoms with van der Waals surface area (Å²) in [5.74, 6) is -0.786. The van der Waals surface area contributed by atoms with E-state index in [0.29, 0.717) is 11.1 Å². The summed E-state index contributed by atoms with van der Waals surface area (Å²) in [6.45, 7) is 6.72. The van der Waals surface area contributed by atoms with E-state index in [1.165, 1.54) is 0 Å². The molecule has 28 heavy (non-hydrogen) atoms. The minimum atomic E-state index is -0.454. The molecule has 2 rings (SSSR count). The van der Waals surface area contributed by atoms with Gasteiger partial charge in [0.05, 0.1) is 0 Å². The lowest BCUT2D eigenvalue weighted by Crippen LogP contribution is -2.10. The van der Waals surface area contributed by atoms with Crippen LogP contribution in [0, 0.1) is 0 Å². The number of carbonyl (C=O) groups excluding carboxylic acids is 3. The van der Waals surface area contributed by atoms with Crippen LogP contribution in [0.4, 0.5) is 0 Å². The smallest absolute Gasteiger partial charge is 0.310 e. The van der Waals surface area contributed by atoms with E-state index in [-0.39, 0.29) is 42.1 Å². The van der Waals surface area contributed by atoms with Crippen molar-refractivity contribution in [1.29, 1.82) is 0 Å². The molecular formula is C22H24O6. The Morgan fingerprint density at radius 1 is 0.786 bits per heavy atom. The highest BCUT2D eigenvalue weighted by molar-refractivity contribution is 5.96. The van der Waals surface area contributed by atoms with Gasteiger partial charge in [-0.2, -0.15) is 0 Å². The molecule has 0 saturated heterocycles. The van der Waals surface area contributed by atoms with E-state index in [0.717, 1.165) is 0 Å². The predicted molar refractivity (Wildman–Crippen MR) is 105 cm³/mol. The van der Waals surface area contributed by atoms with Crippen molar-refractivity contribution in [3.8, 4) is 22.6 Å². The molecule has 0 atom stereocenters. The van der Waals surface area contributed by atoms with Gasteiger partial charge in [0.1, 0.15) is 11.3 Å². The van der Waals surface area contributed by atoms with Crippen molar-refractivity contribution in [3.05, 3.63) is 42.0 Å². The molecule has 0 amide bonds. The zero-order valence-electron chi connectivity index (χ0n) is 16.5. The highest BCUT2D eigenvalue weighted by Crippen LogP contribution is 2.51. The lowest BCUT2D eigenvalue weighted by atomic mass is 10.2. The van der Waals surface area contributed by atoms with Crippen molar-refractivity contribution >= 4 is 23.7 Å². The molecule has 6 heteroatoms. The second-order valence-corrected chi connectivity index (χ2v) is 5.91. The quantitative estimate of drug-likeness (QED) is 0.507. The van der Waals surface area contributed by atoms with Gasteiger partial charge in [-0.05, 0) is 13.0 Å². The van der Waals surface area contributed by atoms with Gasteiger partial charge in [-0.3, -0.25) is 14.4 Å². The monoisotopic (exact) mass is 384 g/mol.